The van der Waals surface area contributed by atoms with Crippen LogP contribution in [0.15, 0.2) is 78.9 Å². The molecule has 31 heavy (non-hydrogen) atoms. The van der Waals surface area contributed by atoms with Crippen LogP contribution in [0.2, 0.25) is 0 Å². The minimum atomic E-state index is -0.174. The molecular weight excluding hydrogens is 388 g/mol. The van der Waals surface area contributed by atoms with Gasteiger partial charge in [0.05, 0.1) is 6.04 Å². The standard InChI is InChI=1S/C26H26N2O3/c1-19(29)28-15-14-21-12-13-23(16-24(21)26(28)22-10-6-3-7-11-22)31-18-25(30)27-17-20-8-4-2-5-9-20/h2-13,16,26H,14-15,17-18H2,1H3,(H,27,30)/t26-/m0/s1. The second-order valence-electron chi connectivity index (χ2n) is 7.69. The van der Waals surface area contributed by atoms with Crippen molar-refractivity contribution in [3.05, 3.63) is 101 Å². The van der Waals surface area contributed by atoms with Crippen molar-refractivity contribution in [3.63, 3.8) is 0 Å². The number of ether oxygens (including phenoxy) is 1. The Morgan fingerprint density at radius 3 is 2.42 bits per heavy atom. The average Bonchev–Trinajstić information content (AvgIpc) is 2.81. The van der Waals surface area contributed by atoms with Crippen molar-refractivity contribution >= 4 is 11.8 Å². The third-order valence-corrected chi connectivity index (χ3v) is 5.57. The lowest BCUT2D eigenvalue weighted by Gasteiger charge is -2.37. The van der Waals surface area contributed by atoms with Crippen molar-refractivity contribution in [2.45, 2.75) is 25.9 Å². The summed E-state index contributed by atoms with van der Waals surface area (Å²) in [4.78, 5) is 26.4. The van der Waals surface area contributed by atoms with E-state index in [-0.39, 0.29) is 24.5 Å². The molecule has 0 saturated carbocycles. The molecule has 5 nitrogen and oxygen atoms in total. The number of benzene rings is 3. The summed E-state index contributed by atoms with van der Waals surface area (Å²) in [6.45, 7) is 2.71. The summed E-state index contributed by atoms with van der Waals surface area (Å²) in [5, 5.41) is 2.87. The van der Waals surface area contributed by atoms with E-state index < -0.39 is 0 Å². The Morgan fingerprint density at radius 1 is 1.00 bits per heavy atom. The smallest absolute Gasteiger partial charge is 0.258 e. The van der Waals surface area contributed by atoms with Crippen molar-refractivity contribution in [2.75, 3.05) is 13.2 Å². The van der Waals surface area contributed by atoms with Gasteiger partial charge in [-0.1, -0.05) is 66.7 Å². The normalized spacial score (nSPS) is 15.1. The molecule has 0 aliphatic carbocycles. The summed E-state index contributed by atoms with van der Waals surface area (Å²) in [5.74, 6) is 0.498. The van der Waals surface area contributed by atoms with E-state index in [9.17, 15) is 9.59 Å². The third-order valence-electron chi connectivity index (χ3n) is 5.57. The number of nitrogens with one attached hydrogen (secondary N) is 1. The van der Waals surface area contributed by atoms with Crippen LogP contribution in [0, 0.1) is 0 Å². The molecule has 1 aliphatic heterocycles. The predicted molar refractivity (Wildman–Crippen MR) is 120 cm³/mol. The van der Waals surface area contributed by atoms with E-state index in [2.05, 4.69) is 5.32 Å². The van der Waals surface area contributed by atoms with E-state index in [1.54, 1.807) is 6.92 Å². The van der Waals surface area contributed by atoms with Gasteiger partial charge in [0.25, 0.3) is 5.91 Å². The molecule has 3 aromatic rings. The average molecular weight is 415 g/mol. The van der Waals surface area contributed by atoms with Gasteiger partial charge in [0.1, 0.15) is 5.75 Å². The Labute approximate surface area is 182 Å². The SMILES string of the molecule is CC(=O)N1CCc2ccc(OCC(=O)NCc3ccccc3)cc2[C@@H]1c1ccccc1. The maximum Gasteiger partial charge on any atom is 0.258 e. The summed E-state index contributed by atoms with van der Waals surface area (Å²) in [6, 6.07) is 25.5. The van der Waals surface area contributed by atoms with Crippen LogP contribution in [0.3, 0.4) is 0 Å². The molecule has 4 rings (SSSR count). The van der Waals surface area contributed by atoms with Crippen LogP contribution >= 0.6 is 0 Å². The van der Waals surface area contributed by atoms with Gasteiger partial charge in [0.15, 0.2) is 6.61 Å². The molecule has 0 bridgehead atoms. The fourth-order valence-corrected chi connectivity index (χ4v) is 4.01. The van der Waals surface area contributed by atoms with Crippen molar-refractivity contribution in [1.29, 1.82) is 0 Å². The van der Waals surface area contributed by atoms with E-state index >= 15 is 0 Å². The summed E-state index contributed by atoms with van der Waals surface area (Å²) in [6.07, 6.45) is 0.802. The second-order valence-corrected chi connectivity index (χ2v) is 7.69. The number of hydrogen-bond acceptors (Lipinski definition) is 3. The Kier molecular flexibility index (Phi) is 6.32. The molecule has 0 saturated heterocycles. The molecule has 3 aromatic carbocycles. The summed E-state index contributed by atoms with van der Waals surface area (Å²) in [7, 11) is 0. The number of nitrogens with zero attached hydrogens (tertiary/aromatic N) is 1. The lowest BCUT2D eigenvalue weighted by atomic mass is 9.88. The number of fused-ring (bicyclic) bond motifs is 1. The van der Waals surface area contributed by atoms with E-state index in [0.717, 1.165) is 23.1 Å². The predicted octanol–water partition coefficient (Wildman–Crippen LogP) is 3.88. The fourth-order valence-electron chi connectivity index (χ4n) is 4.01. The highest BCUT2D eigenvalue weighted by molar-refractivity contribution is 5.77. The molecule has 0 radical (unpaired) electrons. The quantitative estimate of drug-likeness (QED) is 0.666. The lowest BCUT2D eigenvalue weighted by molar-refractivity contribution is -0.130. The first-order valence-corrected chi connectivity index (χ1v) is 10.5. The maximum absolute atomic E-state index is 12.3. The first-order chi connectivity index (χ1) is 15.1. The van der Waals surface area contributed by atoms with Gasteiger partial charge in [-0.05, 0) is 40.8 Å². The summed E-state index contributed by atoms with van der Waals surface area (Å²) >= 11 is 0. The molecule has 0 unspecified atom stereocenters. The Hall–Kier alpha value is -3.60. The zero-order valence-electron chi connectivity index (χ0n) is 17.6. The molecule has 1 N–H and O–H groups in total. The van der Waals surface area contributed by atoms with Gasteiger partial charge >= 0.3 is 0 Å². The van der Waals surface area contributed by atoms with Gasteiger partial charge in [-0.2, -0.15) is 0 Å². The van der Waals surface area contributed by atoms with Crippen molar-refractivity contribution < 1.29 is 14.3 Å². The topological polar surface area (TPSA) is 58.6 Å². The second kappa shape index (κ2) is 9.47. The van der Waals surface area contributed by atoms with Gasteiger partial charge in [0, 0.05) is 20.0 Å². The lowest BCUT2D eigenvalue weighted by Crippen LogP contribution is -2.39. The van der Waals surface area contributed by atoms with Gasteiger partial charge in [-0.15, -0.1) is 0 Å². The highest BCUT2D eigenvalue weighted by Crippen LogP contribution is 2.37. The van der Waals surface area contributed by atoms with Crippen molar-refractivity contribution in [3.8, 4) is 5.75 Å². The molecule has 0 aromatic heterocycles. The molecule has 0 spiro atoms. The first-order valence-electron chi connectivity index (χ1n) is 10.5. The van der Waals surface area contributed by atoms with Crippen LogP contribution in [0.1, 0.15) is 35.2 Å². The molecule has 1 aliphatic rings. The molecule has 5 heteroatoms. The molecular formula is C26H26N2O3. The van der Waals surface area contributed by atoms with E-state index in [1.165, 1.54) is 5.56 Å². The van der Waals surface area contributed by atoms with Crippen LogP contribution < -0.4 is 10.1 Å². The Bertz CT molecular complexity index is 1050. The maximum atomic E-state index is 12.3. The minimum Gasteiger partial charge on any atom is -0.484 e. The van der Waals surface area contributed by atoms with Crippen LogP contribution in [0.5, 0.6) is 5.75 Å². The number of rotatable bonds is 6. The highest BCUT2D eigenvalue weighted by Gasteiger charge is 2.30. The number of amides is 2. The van der Waals surface area contributed by atoms with Gasteiger partial charge in [0.2, 0.25) is 5.91 Å². The number of carbonyl (C=O) groups is 2. The molecule has 2 amide bonds. The Balaban J connectivity index is 1.48. The minimum absolute atomic E-state index is 0.0473. The van der Waals surface area contributed by atoms with Crippen LogP contribution in [-0.2, 0) is 22.6 Å². The van der Waals surface area contributed by atoms with E-state index in [1.807, 2.05) is 83.8 Å². The first kappa shape index (κ1) is 20.7. The van der Waals surface area contributed by atoms with Crippen molar-refractivity contribution in [2.24, 2.45) is 0 Å². The summed E-state index contributed by atoms with van der Waals surface area (Å²) in [5.41, 5.74) is 4.36. The molecule has 1 atom stereocenters. The van der Waals surface area contributed by atoms with Gasteiger partial charge in [-0.25, -0.2) is 0 Å². The third kappa shape index (κ3) is 4.94. The molecule has 0 fully saturated rings. The summed E-state index contributed by atoms with van der Waals surface area (Å²) < 4.78 is 5.79. The van der Waals surface area contributed by atoms with Crippen LogP contribution in [-0.4, -0.2) is 29.9 Å². The van der Waals surface area contributed by atoms with Crippen LogP contribution in [0.25, 0.3) is 0 Å². The zero-order valence-corrected chi connectivity index (χ0v) is 17.6. The Morgan fingerprint density at radius 2 is 1.71 bits per heavy atom. The molecule has 1 heterocycles. The van der Waals surface area contributed by atoms with Crippen molar-refractivity contribution in [1.82, 2.24) is 10.2 Å². The van der Waals surface area contributed by atoms with E-state index in [4.69, 9.17) is 4.74 Å². The molecule has 158 valence electrons. The largest absolute Gasteiger partial charge is 0.484 e. The zero-order chi connectivity index (χ0) is 21.6. The number of carbonyl (C=O) groups excluding carboxylic acids is 2. The fraction of sp³-hybridized carbons (Fsp3) is 0.231. The number of hydrogen-bond donors (Lipinski definition) is 1. The highest BCUT2D eigenvalue weighted by atomic mass is 16.5. The van der Waals surface area contributed by atoms with E-state index in [0.29, 0.717) is 18.8 Å². The van der Waals surface area contributed by atoms with Gasteiger partial charge < -0.3 is 15.0 Å². The van der Waals surface area contributed by atoms with Gasteiger partial charge in [-0.3, -0.25) is 9.59 Å². The monoisotopic (exact) mass is 414 g/mol. The van der Waals surface area contributed by atoms with Crippen LogP contribution in [0.4, 0.5) is 0 Å².